The van der Waals surface area contributed by atoms with Crippen LogP contribution in [0.2, 0.25) is 0 Å². The quantitative estimate of drug-likeness (QED) is 0.638. The fourth-order valence-electron chi connectivity index (χ4n) is 3.81. The number of nitrogens with one attached hydrogen (secondary N) is 1. The van der Waals surface area contributed by atoms with Crippen molar-refractivity contribution in [2.75, 3.05) is 12.8 Å². The number of carbonyl (C=O) groups is 1. The molecule has 1 aliphatic rings. The van der Waals surface area contributed by atoms with Gasteiger partial charge < -0.3 is 16.0 Å². The molecule has 1 atom stereocenters. The van der Waals surface area contributed by atoms with E-state index in [1.165, 1.54) is 15.6 Å². The lowest BCUT2D eigenvalue weighted by Crippen LogP contribution is -2.52. The number of anilines is 1. The zero-order chi connectivity index (χ0) is 19.2. The minimum absolute atomic E-state index is 0.121. The van der Waals surface area contributed by atoms with Crippen molar-refractivity contribution in [1.29, 1.82) is 0 Å². The van der Waals surface area contributed by atoms with Gasteiger partial charge in [-0.3, -0.25) is 4.79 Å². The summed E-state index contributed by atoms with van der Waals surface area (Å²) in [5, 5.41) is 6.94. The minimum atomic E-state index is -0.433. The zero-order valence-electron chi connectivity index (χ0n) is 15.7. The molecule has 1 saturated heterocycles. The second kappa shape index (κ2) is 6.43. The van der Waals surface area contributed by atoms with E-state index in [1.54, 1.807) is 16.2 Å². The molecule has 138 valence electrons. The number of allylic oxidation sites excluding steroid dienone is 1. The summed E-state index contributed by atoms with van der Waals surface area (Å²) < 4.78 is 1.22. The van der Waals surface area contributed by atoms with Crippen LogP contribution in [-0.2, 0) is 10.3 Å². The number of carbonyl (C=O) groups excluding carboxylic acids is 1. The Kier molecular flexibility index (Phi) is 4.19. The van der Waals surface area contributed by atoms with E-state index in [2.05, 4.69) is 41.9 Å². The second-order valence-corrected chi connectivity index (χ2v) is 8.10. The predicted octanol–water partition coefficient (Wildman–Crippen LogP) is 4.68. The number of hydrogen-bond acceptors (Lipinski definition) is 4. The van der Waals surface area contributed by atoms with Crippen LogP contribution in [0.15, 0.2) is 59.7 Å². The summed E-state index contributed by atoms with van der Waals surface area (Å²) in [5.41, 5.74) is 9.76. The number of nitrogens with zero attached hydrogens (tertiary/aromatic N) is 1. The third-order valence-corrected chi connectivity index (χ3v) is 6.34. The van der Waals surface area contributed by atoms with Crippen molar-refractivity contribution in [3.63, 3.8) is 0 Å². The molecule has 1 aromatic heterocycles. The van der Waals surface area contributed by atoms with Gasteiger partial charge in [-0.25, -0.2) is 0 Å². The summed E-state index contributed by atoms with van der Waals surface area (Å²) in [6, 6.07) is 14.3. The molecule has 0 spiro atoms. The van der Waals surface area contributed by atoms with E-state index < -0.39 is 5.54 Å². The fraction of sp³-hybridized carbons (Fsp3) is 0.227. The van der Waals surface area contributed by atoms with Gasteiger partial charge in [0.15, 0.2) is 0 Å². The molecule has 0 unspecified atom stereocenters. The molecule has 3 N–H and O–H groups in total. The van der Waals surface area contributed by atoms with E-state index in [4.69, 9.17) is 5.73 Å². The highest BCUT2D eigenvalue weighted by atomic mass is 32.1. The Bertz CT molecular complexity index is 1070. The van der Waals surface area contributed by atoms with Crippen LogP contribution in [-0.4, -0.2) is 17.9 Å². The summed E-state index contributed by atoms with van der Waals surface area (Å²) in [6.07, 6.45) is 2.37. The van der Waals surface area contributed by atoms with Crippen LogP contribution in [0.4, 0.5) is 5.69 Å². The highest BCUT2D eigenvalue weighted by Gasteiger charge is 2.38. The number of benzene rings is 2. The third kappa shape index (κ3) is 2.88. The maximum atomic E-state index is 12.6. The lowest BCUT2D eigenvalue weighted by molar-refractivity contribution is -0.132. The van der Waals surface area contributed by atoms with Crippen LogP contribution in [0.5, 0.6) is 0 Å². The molecule has 1 fully saturated rings. The SMILES string of the molecule is CC=C1N[C@](C)(c2csc3c(-c4cccc(N)c4)cccc23)CC(=O)N1C. The molecule has 2 aromatic carbocycles. The Morgan fingerprint density at radius 2 is 2.04 bits per heavy atom. The summed E-state index contributed by atoms with van der Waals surface area (Å²) in [6.45, 7) is 4.05. The largest absolute Gasteiger partial charge is 0.399 e. The Labute approximate surface area is 163 Å². The van der Waals surface area contributed by atoms with Crippen LogP contribution in [0.25, 0.3) is 21.2 Å². The highest BCUT2D eigenvalue weighted by molar-refractivity contribution is 7.18. The van der Waals surface area contributed by atoms with Crippen molar-refractivity contribution in [2.45, 2.75) is 25.8 Å². The van der Waals surface area contributed by atoms with E-state index in [0.29, 0.717) is 6.42 Å². The number of nitrogen functional groups attached to an aromatic ring is 1. The number of hydrogen-bond donors (Lipinski definition) is 2. The van der Waals surface area contributed by atoms with Gasteiger partial charge in [0.2, 0.25) is 5.91 Å². The van der Waals surface area contributed by atoms with E-state index >= 15 is 0 Å². The number of thiophene rings is 1. The number of fused-ring (bicyclic) bond motifs is 1. The first kappa shape index (κ1) is 17.6. The van der Waals surface area contributed by atoms with Gasteiger partial charge in [-0.15, -0.1) is 11.3 Å². The van der Waals surface area contributed by atoms with Crippen LogP contribution >= 0.6 is 11.3 Å². The highest BCUT2D eigenvalue weighted by Crippen LogP contribution is 2.42. The average Bonchev–Trinajstić information content (AvgIpc) is 3.10. The van der Waals surface area contributed by atoms with Gasteiger partial charge >= 0.3 is 0 Å². The van der Waals surface area contributed by atoms with Gasteiger partial charge in [0.05, 0.1) is 12.0 Å². The van der Waals surface area contributed by atoms with Gasteiger partial charge in [0.1, 0.15) is 5.82 Å². The van der Waals surface area contributed by atoms with E-state index in [-0.39, 0.29) is 5.91 Å². The van der Waals surface area contributed by atoms with Crippen molar-refractivity contribution in [2.24, 2.45) is 0 Å². The van der Waals surface area contributed by atoms with Gasteiger partial charge in [-0.05, 0) is 59.5 Å². The first-order valence-corrected chi connectivity index (χ1v) is 9.88. The van der Waals surface area contributed by atoms with Crippen LogP contribution in [0.3, 0.4) is 0 Å². The Hall–Kier alpha value is -2.79. The van der Waals surface area contributed by atoms with Gasteiger partial charge in [-0.2, -0.15) is 0 Å². The summed E-state index contributed by atoms with van der Waals surface area (Å²) >= 11 is 1.72. The fourth-order valence-corrected chi connectivity index (χ4v) is 5.05. The Morgan fingerprint density at radius 3 is 2.78 bits per heavy atom. The lowest BCUT2D eigenvalue weighted by Gasteiger charge is -2.41. The van der Waals surface area contributed by atoms with Gasteiger partial charge in [0.25, 0.3) is 0 Å². The molecule has 0 aliphatic carbocycles. The number of amides is 1. The zero-order valence-corrected chi connectivity index (χ0v) is 16.6. The number of rotatable bonds is 2. The molecule has 3 aromatic rings. The molecule has 5 heteroatoms. The lowest BCUT2D eigenvalue weighted by atomic mass is 9.85. The molecule has 4 nitrogen and oxygen atoms in total. The van der Waals surface area contributed by atoms with Crippen molar-refractivity contribution < 1.29 is 4.79 Å². The summed E-state index contributed by atoms with van der Waals surface area (Å²) in [5.74, 6) is 0.968. The van der Waals surface area contributed by atoms with E-state index in [1.807, 2.05) is 38.2 Å². The van der Waals surface area contributed by atoms with Crippen molar-refractivity contribution >= 4 is 33.0 Å². The molecule has 2 heterocycles. The third-order valence-electron chi connectivity index (χ3n) is 5.31. The standard InChI is InChI=1S/C22H23N3OS/c1-4-19-24-22(2,12-20(26)25(19)3)18-13-27-21-16(9-6-10-17(18)21)14-7-5-8-15(23)11-14/h4-11,13,24H,12,23H2,1-3H3/t22-/m0/s1. The smallest absolute Gasteiger partial charge is 0.230 e. The summed E-state index contributed by atoms with van der Waals surface area (Å²) in [4.78, 5) is 14.3. The molecule has 0 saturated carbocycles. The van der Waals surface area contributed by atoms with E-state index in [0.717, 1.165) is 22.6 Å². The molecule has 0 radical (unpaired) electrons. The van der Waals surface area contributed by atoms with Gasteiger partial charge in [0, 0.05) is 17.4 Å². The molecular formula is C22H23N3OS. The first-order chi connectivity index (χ1) is 12.9. The molecular weight excluding hydrogens is 354 g/mol. The van der Waals surface area contributed by atoms with Crippen LogP contribution in [0, 0.1) is 0 Å². The topological polar surface area (TPSA) is 58.4 Å². The van der Waals surface area contributed by atoms with Crippen LogP contribution < -0.4 is 11.1 Å². The molecule has 1 aliphatic heterocycles. The maximum Gasteiger partial charge on any atom is 0.230 e. The van der Waals surface area contributed by atoms with Gasteiger partial charge in [-0.1, -0.05) is 30.3 Å². The molecule has 0 bridgehead atoms. The monoisotopic (exact) mass is 377 g/mol. The molecule has 1 amide bonds. The van der Waals surface area contributed by atoms with E-state index in [9.17, 15) is 4.79 Å². The average molecular weight is 378 g/mol. The molecule has 27 heavy (non-hydrogen) atoms. The van der Waals surface area contributed by atoms with Crippen molar-refractivity contribution in [3.05, 3.63) is 65.3 Å². The second-order valence-electron chi connectivity index (χ2n) is 7.22. The number of nitrogens with two attached hydrogens (primary N) is 1. The normalized spacial score (nSPS) is 21.7. The predicted molar refractivity (Wildman–Crippen MR) is 113 cm³/mol. The summed E-state index contributed by atoms with van der Waals surface area (Å²) in [7, 11) is 1.81. The van der Waals surface area contributed by atoms with Crippen molar-refractivity contribution in [1.82, 2.24) is 10.2 Å². The van der Waals surface area contributed by atoms with Crippen LogP contribution in [0.1, 0.15) is 25.8 Å². The Balaban J connectivity index is 1.85. The van der Waals surface area contributed by atoms with Crippen molar-refractivity contribution in [3.8, 4) is 11.1 Å². The maximum absolute atomic E-state index is 12.6. The molecule has 4 rings (SSSR count). The first-order valence-electron chi connectivity index (χ1n) is 9.00. The minimum Gasteiger partial charge on any atom is -0.399 e. The Morgan fingerprint density at radius 1 is 1.26 bits per heavy atom.